The number of benzene rings is 1. The Labute approximate surface area is 130 Å². The Balaban J connectivity index is 2.25. The second-order valence-electron chi connectivity index (χ2n) is 5.57. The Kier molecular flexibility index (Phi) is 4.85. The molecule has 0 saturated heterocycles. The number of sulfonamides is 1. The van der Waals surface area contributed by atoms with Crippen molar-refractivity contribution in [3.05, 3.63) is 30.3 Å². The zero-order chi connectivity index (χ0) is 16.3. The summed E-state index contributed by atoms with van der Waals surface area (Å²) in [7, 11) is -3.96. The fraction of sp³-hybridized carbons (Fsp3) is 0.467. The number of carbonyl (C=O) groups is 2. The molecular weight excluding hydrogens is 304 g/mol. The third kappa shape index (κ3) is 3.30. The summed E-state index contributed by atoms with van der Waals surface area (Å²) in [5, 5.41) is 0. The molecule has 7 heteroatoms. The predicted octanol–water partition coefficient (Wildman–Crippen LogP) is 1.90. The van der Waals surface area contributed by atoms with E-state index in [1.165, 1.54) is 19.1 Å². The molecular formula is C15H20N2O4S. The molecule has 0 heterocycles. The smallest absolute Gasteiger partial charge is 0.328 e. The molecule has 0 spiro atoms. The van der Waals surface area contributed by atoms with Crippen LogP contribution in [0.2, 0.25) is 0 Å². The molecule has 120 valence electrons. The minimum absolute atomic E-state index is 0.0440. The molecule has 0 aromatic heterocycles. The Hall–Kier alpha value is -1.89. The van der Waals surface area contributed by atoms with Gasteiger partial charge in [-0.3, -0.25) is 4.79 Å². The number of nitrogens with two attached hydrogens (primary N) is 1. The van der Waals surface area contributed by atoms with Crippen molar-refractivity contribution in [2.45, 2.75) is 43.5 Å². The molecule has 0 bridgehead atoms. The van der Waals surface area contributed by atoms with Crippen LogP contribution >= 0.6 is 0 Å². The summed E-state index contributed by atoms with van der Waals surface area (Å²) in [6.45, 7) is 1.54. The molecule has 1 saturated carbocycles. The zero-order valence-corrected chi connectivity index (χ0v) is 13.3. The highest BCUT2D eigenvalue weighted by Crippen LogP contribution is 2.31. The lowest BCUT2D eigenvalue weighted by Crippen LogP contribution is -2.48. The molecule has 0 radical (unpaired) electrons. The first-order valence-corrected chi connectivity index (χ1v) is 8.67. The van der Waals surface area contributed by atoms with Crippen LogP contribution in [0.3, 0.4) is 0 Å². The van der Waals surface area contributed by atoms with Crippen molar-refractivity contribution in [2.24, 2.45) is 11.7 Å². The van der Waals surface area contributed by atoms with E-state index in [0.717, 1.165) is 4.31 Å². The van der Waals surface area contributed by atoms with Gasteiger partial charge in [0, 0.05) is 5.92 Å². The molecule has 0 atom stereocenters. The van der Waals surface area contributed by atoms with Crippen LogP contribution < -0.4 is 5.73 Å². The lowest BCUT2D eigenvalue weighted by Gasteiger charge is -2.34. The molecule has 2 rings (SSSR count). The number of nitrogens with zero attached hydrogens (tertiary/aromatic N) is 1. The third-order valence-electron chi connectivity index (χ3n) is 4.12. The monoisotopic (exact) mass is 324 g/mol. The van der Waals surface area contributed by atoms with Crippen LogP contribution in [0, 0.1) is 5.92 Å². The molecule has 1 fully saturated rings. The van der Waals surface area contributed by atoms with Crippen LogP contribution in [0.5, 0.6) is 0 Å². The van der Waals surface area contributed by atoms with E-state index in [9.17, 15) is 18.0 Å². The van der Waals surface area contributed by atoms with E-state index in [4.69, 9.17) is 5.73 Å². The van der Waals surface area contributed by atoms with E-state index in [1.807, 2.05) is 0 Å². The molecule has 2 N–H and O–H groups in total. The highest BCUT2D eigenvalue weighted by molar-refractivity contribution is 7.89. The van der Waals surface area contributed by atoms with E-state index in [0.29, 0.717) is 25.7 Å². The number of amides is 2. The van der Waals surface area contributed by atoms with Crippen molar-refractivity contribution in [1.29, 1.82) is 0 Å². The van der Waals surface area contributed by atoms with Crippen molar-refractivity contribution in [3.63, 3.8) is 0 Å². The fourth-order valence-electron chi connectivity index (χ4n) is 2.92. The van der Waals surface area contributed by atoms with Crippen molar-refractivity contribution >= 4 is 21.8 Å². The SMILES string of the molecule is CC(=O)C1CCC(N(C(N)=O)S(=O)(=O)c2ccccc2)CC1. The highest BCUT2D eigenvalue weighted by atomic mass is 32.2. The number of hydrogen-bond acceptors (Lipinski definition) is 4. The van der Waals surface area contributed by atoms with Crippen molar-refractivity contribution in [2.75, 3.05) is 0 Å². The lowest BCUT2D eigenvalue weighted by molar-refractivity contribution is -0.121. The van der Waals surface area contributed by atoms with Crippen molar-refractivity contribution in [1.82, 2.24) is 4.31 Å². The maximum absolute atomic E-state index is 12.6. The molecule has 1 aromatic rings. The van der Waals surface area contributed by atoms with Gasteiger partial charge < -0.3 is 5.73 Å². The maximum Gasteiger partial charge on any atom is 0.328 e. The van der Waals surface area contributed by atoms with Crippen LogP contribution in [0.25, 0.3) is 0 Å². The summed E-state index contributed by atoms with van der Waals surface area (Å²) < 4.78 is 26.1. The topological polar surface area (TPSA) is 97.5 Å². The quantitative estimate of drug-likeness (QED) is 0.914. The van der Waals surface area contributed by atoms with Crippen LogP contribution in [-0.2, 0) is 14.8 Å². The van der Waals surface area contributed by atoms with E-state index in [-0.39, 0.29) is 16.6 Å². The zero-order valence-electron chi connectivity index (χ0n) is 12.4. The van der Waals surface area contributed by atoms with Crippen molar-refractivity contribution in [3.8, 4) is 0 Å². The first kappa shape index (κ1) is 16.5. The van der Waals surface area contributed by atoms with E-state index >= 15 is 0 Å². The van der Waals surface area contributed by atoms with Crippen LogP contribution in [0.1, 0.15) is 32.6 Å². The van der Waals surface area contributed by atoms with Gasteiger partial charge in [0.05, 0.1) is 10.9 Å². The number of urea groups is 1. The molecule has 2 amide bonds. The third-order valence-corrected chi connectivity index (χ3v) is 5.98. The molecule has 1 aliphatic carbocycles. The van der Waals surface area contributed by atoms with Gasteiger partial charge in [0.25, 0.3) is 10.0 Å². The van der Waals surface area contributed by atoms with Gasteiger partial charge in [0.15, 0.2) is 0 Å². The lowest BCUT2D eigenvalue weighted by atomic mass is 9.84. The Bertz CT molecular complexity index is 649. The Morgan fingerprint density at radius 2 is 1.64 bits per heavy atom. The minimum Gasteiger partial charge on any atom is -0.351 e. The number of hydrogen-bond donors (Lipinski definition) is 1. The summed E-state index contributed by atoms with van der Waals surface area (Å²) in [4.78, 5) is 23.2. The van der Waals surface area contributed by atoms with E-state index < -0.39 is 22.1 Å². The minimum atomic E-state index is -3.96. The largest absolute Gasteiger partial charge is 0.351 e. The van der Waals surface area contributed by atoms with Crippen LogP contribution in [0.4, 0.5) is 4.79 Å². The maximum atomic E-state index is 12.6. The van der Waals surface area contributed by atoms with E-state index in [2.05, 4.69) is 0 Å². The molecule has 6 nitrogen and oxygen atoms in total. The molecule has 22 heavy (non-hydrogen) atoms. The molecule has 0 unspecified atom stereocenters. The summed E-state index contributed by atoms with van der Waals surface area (Å²) in [6, 6.07) is 6.30. The van der Waals surface area contributed by atoms with Gasteiger partial charge in [-0.05, 0) is 44.7 Å². The summed E-state index contributed by atoms with van der Waals surface area (Å²) >= 11 is 0. The second-order valence-corrected chi connectivity index (χ2v) is 7.38. The predicted molar refractivity (Wildman–Crippen MR) is 81.5 cm³/mol. The van der Waals surface area contributed by atoms with E-state index in [1.54, 1.807) is 18.2 Å². The Morgan fingerprint density at radius 3 is 2.09 bits per heavy atom. The normalized spacial score (nSPS) is 22.0. The van der Waals surface area contributed by atoms with Gasteiger partial charge in [-0.2, -0.15) is 0 Å². The number of carbonyl (C=O) groups excluding carboxylic acids is 2. The summed E-state index contributed by atoms with van der Waals surface area (Å²) in [5.74, 6) is 0.0559. The fourth-order valence-corrected chi connectivity index (χ4v) is 4.49. The first-order chi connectivity index (χ1) is 10.3. The number of primary amides is 1. The highest BCUT2D eigenvalue weighted by Gasteiger charge is 2.37. The standard InChI is InChI=1S/C15H20N2O4S/c1-11(18)12-7-9-13(10-8-12)17(15(16)19)22(20,21)14-5-3-2-4-6-14/h2-6,12-13H,7-10H2,1H3,(H2,16,19). The number of rotatable bonds is 4. The average molecular weight is 324 g/mol. The first-order valence-electron chi connectivity index (χ1n) is 7.23. The van der Waals surface area contributed by atoms with Gasteiger partial charge in [-0.1, -0.05) is 18.2 Å². The number of ketones is 1. The summed E-state index contributed by atoms with van der Waals surface area (Å²) in [6.07, 6.45) is 2.07. The average Bonchev–Trinajstić information content (AvgIpc) is 2.48. The van der Waals surface area contributed by atoms with Crippen LogP contribution in [0.15, 0.2) is 35.2 Å². The molecule has 1 aromatic carbocycles. The number of Topliss-reactive ketones (excluding diaryl/α,β-unsaturated/α-hetero) is 1. The van der Waals surface area contributed by atoms with Gasteiger partial charge in [0.2, 0.25) is 0 Å². The van der Waals surface area contributed by atoms with Gasteiger partial charge in [-0.15, -0.1) is 0 Å². The van der Waals surface area contributed by atoms with Gasteiger partial charge >= 0.3 is 6.03 Å². The summed E-state index contributed by atoms with van der Waals surface area (Å²) in [5.41, 5.74) is 5.33. The van der Waals surface area contributed by atoms with Gasteiger partial charge in [-0.25, -0.2) is 17.5 Å². The second kappa shape index (κ2) is 6.48. The van der Waals surface area contributed by atoms with Crippen molar-refractivity contribution < 1.29 is 18.0 Å². The Morgan fingerprint density at radius 1 is 1.09 bits per heavy atom. The van der Waals surface area contributed by atoms with Crippen LogP contribution in [-0.4, -0.2) is 30.6 Å². The van der Waals surface area contributed by atoms with Gasteiger partial charge in [0.1, 0.15) is 5.78 Å². The molecule has 1 aliphatic rings. The molecule has 0 aliphatic heterocycles.